The van der Waals surface area contributed by atoms with E-state index in [-0.39, 0.29) is 5.91 Å². The van der Waals surface area contributed by atoms with E-state index in [1.165, 1.54) is 5.56 Å². The second kappa shape index (κ2) is 6.48. The second-order valence-electron chi connectivity index (χ2n) is 5.89. The van der Waals surface area contributed by atoms with E-state index in [1.807, 2.05) is 17.0 Å². The summed E-state index contributed by atoms with van der Waals surface area (Å²) in [6.07, 6.45) is 2.56. The SMILES string of the molecule is CCN1CCCN(C(=O)Cc2ccc3c(c2)CCO3)CC1. The van der Waals surface area contributed by atoms with Gasteiger partial charge in [0.05, 0.1) is 13.0 Å². The molecule has 0 aromatic heterocycles. The molecule has 1 fully saturated rings. The molecule has 1 aromatic carbocycles. The zero-order valence-corrected chi connectivity index (χ0v) is 12.8. The van der Waals surface area contributed by atoms with E-state index in [2.05, 4.69) is 17.9 Å². The number of carbonyl (C=O) groups excluding carboxylic acids is 1. The number of carbonyl (C=O) groups is 1. The van der Waals surface area contributed by atoms with E-state index in [9.17, 15) is 4.79 Å². The predicted molar refractivity (Wildman–Crippen MR) is 82.7 cm³/mol. The summed E-state index contributed by atoms with van der Waals surface area (Å²) < 4.78 is 5.51. The van der Waals surface area contributed by atoms with E-state index in [4.69, 9.17) is 4.74 Å². The Morgan fingerprint density at radius 3 is 3.00 bits per heavy atom. The molecule has 1 aromatic rings. The summed E-state index contributed by atoms with van der Waals surface area (Å²) in [5.41, 5.74) is 2.36. The van der Waals surface area contributed by atoms with Gasteiger partial charge in [-0.15, -0.1) is 0 Å². The van der Waals surface area contributed by atoms with Crippen molar-refractivity contribution >= 4 is 5.91 Å². The standard InChI is InChI=1S/C17H24N2O2/c1-2-18-7-3-8-19(10-9-18)17(20)13-14-4-5-16-15(12-14)6-11-21-16/h4-5,12H,2-3,6-11,13H2,1H3. The van der Waals surface area contributed by atoms with Gasteiger partial charge in [-0.05, 0) is 36.7 Å². The van der Waals surface area contributed by atoms with E-state index < -0.39 is 0 Å². The summed E-state index contributed by atoms with van der Waals surface area (Å²) in [6, 6.07) is 6.17. The summed E-state index contributed by atoms with van der Waals surface area (Å²) in [4.78, 5) is 16.9. The van der Waals surface area contributed by atoms with Crippen LogP contribution in [0.3, 0.4) is 0 Å². The molecule has 0 spiro atoms. The molecule has 4 heteroatoms. The molecule has 0 unspecified atom stereocenters. The summed E-state index contributed by atoms with van der Waals surface area (Å²) >= 11 is 0. The lowest BCUT2D eigenvalue weighted by Crippen LogP contribution is -2.36. The van der Waals surface area contributed by atoms with Crippen LogP contribution in [-0.2, 0) is 17.6 Å². The van der Waals surface area contributed by atoms with Crippen molar-refractivity contribution in [3.05, 3.63) is 29.3 Å². The minimum absolute atomic E-state index is 0.256. The summed E-state index contributed by atoms with van der Waals surface area (Å²) in [6.45, 7) is 7.89. The van der Waals surface area contributed by atoms with Gasteiger partial charge in [0.25, 0.3) is 0 Å². The highest BCUT2D eigenvalue weighted by molar-refractivity contribution is 5.79. The summed E-state index contributed by atoms with van der Waals surface area (Å²) in [5.74, 6) is 1.24. The monoisotopic (exact) mass is 288 g/mol. The zero-order valence-electron chi connectivity index (χ0n) is 12.8. The molecular weight excluding hydrogens is 264 g/mol. The number of hydrogen-bond donors (Lipinski definition) is 0. The maximum atomic E-state index is 12.5. The van der Waals surface area contributed by atoms with Gasteiger partial charge in [-0.3, -0.25) is 4.79 Å². The second-order valence-corrected chi connectivity index (χ2v) is 5.89. The van der Waals surface area contributed by atoms with Gasteiger partial charge in [0.15, 0.2) is 0 Å². The van der Waals surface area contributed by atoms with Crippen LogP contribution in [0.4, 0.5) is 0 Å². The topological polar surface area (TPSA) is 32.8 Å². The van der Waals surface area contributed by atoms with Gasteiger partial charge < -0.3 is 14.5 Å². The van der Waals surface area contributed by atoms with Crippen molar-refractivity contribution in [2.24, 2.45) is 0 Å². The molecule has 1 amide bonds. The lowest BCUT2D eigenvalue weighted by Gasteiger charge is -2.21. The number of nitrogens with zero attached hydrogens (tertiary/aromatic N) is 2. The Bertz CT molecular complexity index is 516. The van der Waals surface area contributed by atoms with Crippen molar-refractivity contribution in [2.75, 3.05) is 39.3 Å². The largest absolute Gasteiger partial charge is 0.493 e. The molecule has 3 rings (SSSR count). The maximum absolute atomic E-state index is 12.5. The number of likely N-dealkylation sites (N-methyl/N-ethyl adjacent to an activating group) is 1. The molecule has 0 bridgehead atoms. The summed E-state index contributed by atoms with van der Waals surface area (Å²) in [5, 5.41) is 0. The van der Waals surface area contributed by atoms with Gasteiger partial charge in [0.1, 0.15) is 5.75 Å². The Hall–Kier alpha value is -1.55. The Labute approximate surface area is 126 Å². The normalized spacial score (nSPS) is 19.0. The Morgan fingerprint density at radius 1 is 1.24 bits per heavy atom. The van der Waals surface area contributed by atoms with Crippen LogP contribution in [0.15, 0.2) is 18.2 Å². The lowest BCUT2D eigenvalue weighted by atomic mass is 10.1. The maximum Gasteiger partial charge on any atom is 0.227 e. The third kappa shape index (κ3) is 3.38. The minimum atomic E-state index is 0.256. The highest BCUT2D eigenvalue weighted by atomic mass is 16.5. The van der Waals surface area contributed by atoms with Crippen LogP contribution in [0.5, 0.6) is 5.75 Å². The average Bonchev–Trinajstić information content (AvgIpc) is 2.82. The fourth-order valence-electron chi connectivity index (χ4n) is 3.17. The number of fused-ring (bicyclic) bond motifs is 1. The quantitative estimate of drug-likeness (QED) is 0.849. The van der Waals surface area contributed by atoms with Crippen molar-refractivity contribution in [2.45, 2.75) is 26.2 Å². The Balaban J connectivity index is 1.60. The van der Waals surface area contributed by atoms with E-state index >= 15 is 0 Å². The molecule has 0 radical (unpaired) electrons. The van der Waals surface area contributed by atoms with Crippen LogP contribution in [0.2, 0.25) is 0 Å². The first-order chi connectivity index (χ1) is 10.3. The van der Waals surface area contributed by atoms with Gasteiger partial charge in [-0.2, -0.15) is 0 Å². The third-order valence-electron chi connectivity index (χ3n) is 4.50. The molecule has 2 heterocycles. The molecule has 1 saturated heterocycles. The van der Waals surface area contributed by atoms with Crippen LogP contribution < -0.4 is 4.74 Å². The molecule has 0 saturated carbocycles. The molecule has 4 nitrogen and oxygen atoms in total. The third-order valence-corrected chi connectivity index (χ3v) is 4.50. The van der Waals surface area contributed by atoms with Crippen molar-refractivity contribution in [3.8, 4) is 5.75 Å². The Kier molecular flexibility index (Phi) is 4.44. The number of rotatable bonds is 3. The van der Waals surface area contributed by atoms with E-state index in [0.717, 1.165) is 63.5 Å². The predicted octanol–water partition coefficient (Wildman–Crippen LogP) is 1.72. The van der Waals surface area contributed by atoms with E-state index in [1.54, 1.807) is 0 Å². The summed E-state index contributed by atoms with van der Waals surface area (Å²) in [7, 11) is 0. The first-order valence-electron chi connectivity index (χ1n) is 8.01. The first kappa shape index (κ1) is 14.4. The molecule has 21 heavy (non-hydrogen) atoms. The van der Waals surface area contributed by atoms with Gasteiger partial charge in [-0.1, -0.05) is 19.1 Å². The van der Waals surface area contributed by atoms with Crippen molar-refractivity contribution < 1.29 is 9.53 Å². The lowest BCUT2D eigenvalue weighted by molar-refractivity contribution is -0.130. The fraction of sp³-hybridized carbons (Fsp3) is 0.588. The molecule has 0 atom stereocenters. The van der Waals surface area contributed by atoms with Crippen LogP contribution >= 0.6 is 0 Å². The minimum Gasteiger partial charge on any atom is -0.493 e. The fourth-order valence-corrected chi connectivity index (χ4v) is 3.17. The highest BCUT2D eigenvalue weighted by Gasteiger charge is 2.19. The first-order valence-corrected chi connectivity index (χ1v) is 8.01. The average molecular weight is 288 g/mol. The number of hydrogen-bond acceptors (Lipinski definition) is 3. The molecule has 0 aliphatic carbocycles. The molecule has 114 valence electrons. The Morgan fingerprint density at radius 2 is 2.14 bits per heavy atom. The number of ether oxygens (including phenoxy) is 1. The zero-order chi connectivity index (χ0) is 14.7. The molecular formula is C17H24N2O2. The smallest absolute Gasteiger partial charge is 0.227 e. The van der Waals surface area contributed by atoms with Gasteiger partial charge >= 0.3 is 0 Å². The molecule has 2 aliphatic heterocycles. The van der Waals surface area contributed by atoms with Crippen molar-refractivity contribution in [3.63, 3.8) is 0 Å². The van der Waals surface area contributed by atoms with Crippen LogP contribution in [-0.4, -0.2) is 55.0 Å². The molecule has 0 N–H and O–H groups in total. The van der Waals surface area contributed by atoms with E-state index in [0.29, 0.717) is 6.42 Å². The van der Waals surface area contributed by atoms with Gasteiger partial charge in [0.2, 0.25) is 5.91 Å². The van der Waals surface area contributed by atoms with Crippen molar-refractivity contribution in [1.82, 2.24) is 9.80 Å². The number of benzene rings is 1. The molecule has 2 aliphatic rings. The van der Waals surface area contributed by atoms with Gasteiger partial charge in [0, 0.05) is 26.1 Å². The highest BCUT2D eigenvalue weighted by Crippen LogP contribution is 2.26. The number of amides is 1. The van der Waals surface area contributed by atoms with Crippen LogP contribution in [0.25, 0.3) is 0 Å². The van der Waals surface area contributed by atoms with Crippen molar-refractivity contribution in [1.29, 1.82) is 0 Å². The van der Waals surface area contributed by atoms with Gasteiger partial charge in [-0.25, -0.2) is 0 Å². The van der Waals surface area contributed by atoms with Crippen LogP contribution in [0.1, 0.15) is 24.5 Å². The van der Waals surface area contributed by atoms with Crippen LogP contribution in [0, 0.1) is 0 Å².